The number of hydrogen-bond donors (Lipinski definition) is 1. The van der Waals surface area contributed by atoms with E-state index in [-0.39, 0.29) is 0 Å². The van der Waals surface area contributed by atoms with Crippen LogP contribution in [0.3, 0.4) is 0 Å². The fourth-order valence-corrected chi connectivity index (χ4v) is 3.34. The first-order chi connectivity index (χ1) is 11.3. The molecule has 0 radical (unpaired) electrons. The quantitative estimate of drug-likeness (QED) is 0.788. The Bertz CT molecular complexity index is 840. The Labute approximate surface area is 135 Å². The second-order valence-corrected chi connectivity index (χ2v) is 6.08. The van der Waals surface area contributed by atoms with Crippen LogP contribution in [0.15, 0.2) is 36.9 Å². The van der Waals surface area contributed by atoms with Crippen molar-refractivity contribution in [3.63, 3.8) is 0 Å². The van der Waals surface area contributed by atoms with E-state index in [1.54, 1.807) is 12.7 Å². The molecule has 1 aliphatic rings. The number of nitrogens with zero attached hydrogens (tertiary/aromatic N) is 5. The summed E-state index contributed by atoms with van der Waals surface area (Å²) in [5.41, 5.74) is 8.98. The van der Waals surface area contributed by atoms with Gasteiger partial charge in [-0.1, -0.05) is 12.1 Å². The molecule has 118 valence electrons. The van der Waals surface area contributed by atoms with E-state index >= 15 is 0 Å². The number of piperidine rings is 1. The third-order valence-corrected chi connectivity index (χ3v) is 4.60. The highest BCUT2D eigenvalue weighted by molar-refractivity contribution is 5.80. The molecule has 1 aliphatic heterocycles. The van der Waals surface area contributed by atoms with Crippen molar-refractivity contribution >= 4 is 22.5 Å². The molecule has 0 aliphatic carbocycles. The van der Waals surface area contributed by atoms with Gasteiger partial charge in [-0.25, -0.2) is 15.0 Å². The molecule has 4 rings (SSSR count). The van der Waals surface area contributed by atoms with Gasteiger partial charge in [0.15, 0.2) is 11.6 Å². The maximum absolute atomic E-state index is 6.44. The molecule has 1 atom stereocenters. The largest absolute Gasteiger partial charge is 0.393 e. The van der Waals surface area contributed by atoms with Crippen LogP contribution in [0, 0.1) is 0 Å². The van der Waals surface area contributed by atoms with E-state index in [2.05, 4.69) is 26.8 Å². The van der Waals surface area contributed by atoms with Gasteiger partial charge in [0.1, 0.15) is 18.3 Å². The Balaban J connectivity index is 1.83. The Hall–Kier alpha value is -2.63. The lowest BCUT2D eigenvalue weighted by atomic mass is 10.0. The number of hydrogen-bond acceptors (Lipinski definition) is 5. The Morgan fingerprint density at radius 3 is 2.78 bits per heavy atom. The number of nitrogen functional groups attached to an aromatic ring is 1. The third kappa shape index (κ3) is 2.30. The summed E-state index contributed by atoms with van der Waals surface area (Å²) in [5, 5.41) is 0. The molecule has 0 saturated carbocycles. The smallest absolute Gasteiger partial charge is 0.167 e. The molecule has 2 N–H and O–H groups in total. The molecule has 0 bridgehead atoms. The monoisotopic (exact) mass is 308 g/mol. The first-order valence-corrected chi connectivity index (χ1v) is 8.05. The number of rotatable bonds is 2. The summed E-state index contributed by atoms with van der Waals surface area (Å²) in [4.78, 5) is 15.6. The summed E-state index contributed by atoms with van der Waals surface area (Å²) in [6.07, 6.45) is 6.98. The van der Waals surface area contributed by atoms with E-state index in [1.807, 2.05) is 28.8 Å². The van der Waals surface area contributed by atoms with E-state index < -0.39 is 0 Å². The number of imidazole rings is 1. The normalized spacial score (nSPS) is 18.5. The minimum absolute atomic E-state index is 0.452. The molecule has 23 heavy (non-hydrogen) atoms. The van der Waals surface area contributed by atoms with Gasteiger partial charge >= 0.3 is 0 Å². The summed E-state index contributed by atoms with van der Waals surface area (Å²) < 4.78 is 1.93. The van der Waals surface area contributed by atoms with Crippen LogP contribution < -0.4 is 10.6 Å². The predicted octanol–water partition coefficient (Wildman–Crippen LogP) is 2.78. The van der Waals surface area contributed by atoms with E-state index in [0.29, 0.717) is 17.5 Å². The molecule has 0 spiro atoms. The maximum Gasteiger partial charge on any atom is 0.167 e. The zero-order valence-corrected chi connectivity index (χ0v) is 13.2. The van der Waals surface area contributed by atoms with Crippen molar-refractivity contribution in [2.24, 2.45) is 0 Å². The summed E-state index contributed by atoms with van der Waals surface area (Å²) in [7, 11) is 0. The van der Waals surface area contributed by atoms with Crippen LogP contribution in [-0.4, -0.2) is 32.1 Å². The zero-order valence-electron chi connectivity index (χ0n) is 13.2. The first kappa shape index (κ1) is 14.0. The molecule has 6 heteroatoms. The van der Waals surface area contributed by atoms with Crippen LogP contribution in [0.1, 0.15) is 26.2 Å². The van der Waals surface area contributed by atoms with Gasteiger partial charge in [-0.15, -0.1) is 0 Å². The van der Waals surface area contributed by atoms with Gasteiger partial charge in [0.25, 0.3) is 0 Å². The van der Waals surface area contributed by atoms with Gasteiger partial charge < -0.3 is 10.6 Å². The van der Waals surface area contributed by atoms with Gasteiger partial charge in [-0.05, 0) is 38.3 Å². The van der Waals surface area contributed by atoms with Crippen molar-refractivity contribution in [3.8, 4) is 5.82 Å². The summed E-state index contributed by atoms with van der Waals surface area (Å²) in [6, 6.07) is 8.42. The van der Waals surface area contributed by atoms with Crippen LogP contribution >= 0.6 is 0 Å². The highest BCUT2D eigenvalue weighted by Gasteiger charge is 2.23. The van der Waals surface area contributed by atoms with Crippen molar-refractivity contribution in [1.29, 1.82) is 0 Å². The molecule has 6 nitrogen and oxygen atoms in total. The lowest BCUT2D eigenvalue weighted by Gasteiger charge is -2.35. The highest BCUT2D eigenvalue weighted by Crippen LogP contribution is 2.31. The average molecular weight is 308 g/mol. The minimum atomic E-state index is 0.452. The number of anilines is 2. The lowest BCUT2D eigenvalue weighted by Crippen LogP contribution is -2.38. The summed E-state index contributed by atoms with van der Waals surface area (Å²) in [6.45, 7) is 3.22. The fraction of sp³-hybridized carbons (Fsp3) is 0.353. The van der Waals surface area contributed by atoms with Crippen molar-refractivity contribution < 1.29 is 0 Å². The number of para-hydroxylation sites is 2. The molecular weight excluding hydrogens is 288 g/mol. The number of benzene rings is 1. The van der Waals surface area contributed by atoms with Crippen molar-refractivity contribution in [1.82, 2.24) is 19.5 Å². The van der Waals surface area contributed by atoms with Gasteiger partial charge in [-0.2, -0.15) is 0 Å². The molecule has 1 fully saturated rings. The zero-order chi connectivity index (χ0) is 15.8. The SMILES string of the molecule is CC1CCCCN1c1ncnc(-n2cnc3ccccc32)c1N. The van der Waals surface area contributed by atoms with Crippen molar-refractivity contribution in [2.75, 3.05) is 17.2 Å². The van der Waals surface area contributed by atoms with E-state index in [1.165, 1.54) is 19.3 Å². The summed E-state index contributed by atoms with van der Waals surface area (Å²) in [5.74, 6) is 1.53. The van der Waals surface area contributed by atoms with Gasteiger partial charge in [0, 0.05) is 12.6 Å². The van der Waals surface area contributed by atoms with Gasteiger partial charge in [0.2, 0.25) is 0 Å². The van der Waals surface area contributed by atoms with Gasteiger partial charge in [-0.3, -0.25) is 4.57 Å². The molecule has 1 saturated heterocycles. The molecule has 2 aromatic heterocycles. The molecule has 3 heterocycles. The first-order valence-electron chi connectivity index (χ1n) is 8.05. The molecule has 0 amide bonds. The molecule has 1 unspecified atom stereocenters. The Morgan fingerprint density at radius 1 is 1.09 bits per heavy atom. The van der Waals surface area contributed by atoms with Gasteiger partial charge in [0.05, 0.1) is 11.0 Å². The van der Waals surface area contributed by atoms with E-state index in [9.17, 15) is 0 Å². The highest BCUT2D eigenvalue weighted by atomic mass is 15.2. The maximum atomic E-state index is 6.44. The minimum Gasteiger partial charge on any atom is -0.393 e. The third-order valence-electron chi connectivity index (χ3n) is 4.60. The predicted molar refractivity (Wildman–Crippen MR) is 91.7 cm³/mol. The second-order valence-electron chi connectivity index (χ2n) is 6.08. The average Bonchev–Trinajstić information content (AvgIpc) is 3.00. The van der Waals surface area contributed by atoms with Crippen LogP contribution in [0.2, 0.25) is 0 Å². The summed E-state index contributed by atoms with van der Waals surface area (Å²) >= 11 is 0. The van der Waals surface area contributed by atoms with Crippen molar-refractivity contribution in [3.05, 3.63) is 36.9 Å². The van der Waals surface area contributed by atoms with Crippen LogP contribution in [0.4, 0.5) is 11.5 Å². The standard InChI is InChI=1S/C17H20N6/c1-12-6-4-5-9-22(12)16-15(18)17(20-10-19-16)23-11-21-13-7-2-3-8-14(13)23/h2-3,7-8,10-12H,4-6,9,18H2,1H3. The topological polar surface area (TPSA) is 72.9 Å². The van der Waals surface area contributed by atoms with Crippen LogP contribution in [0.5, 0.6) is 0 Å². The fourth-order valence-electron chi connectivity index (χ4n) is 3.34. The van der Waals surface area contributed by atoms with Crippen LogP contribution in [-0.2, 0) is 0 Å². The number of aromatic nitrogens is 4. The Kier molecular flexibility index (Phi) is 3.37. The van der Waals surface area contributed by atoms with Crippen molar-refractivity contribution in [2.45, 2.75) is 32.2 Å². The molecule has 3 aromatic rings. The van der Waals surface area contributed by atoms with E-state index in [4.69, 9.17) is 5.73 Å². The molecular formula is C17H20N6. The number of fused-ring (bicyclic) bond motifs is 1. The number of nitrogens with two attached hydrogens (primary N) is 1. The Morgan fingerprint density at radius 2 is 1.91 bits per heavy atom. The second kappa shape index (κ2) is 5.53. The van der Waals surface area contributed by atoms with E-state index in [0.717, 1.165) is 23.4 Å². The van der Waals surface area contributed by atoms with Crippen LogP contribution in [0.25, 0.3) is 16.9 Å². The lowest BCUT2D eigenvalue weighted by molar-refractivity contribution is 0.481. The molecule has 1 aromatic carbocycles.